The van der Waals surface area contributed by atoms with Crippen molar-refractivity contribution in [3.63, 3.8) is 0 Å². The summed E-state index contributed by atoms with van der Waals surface area (Å²) in [6.45, 7) is 3.14. The maximum atomic E-state index is 13.3. The molecule has 2 aromatic rings. The highest BCUT2D eigenvalue weighted by atomic mass is 19.4. The molecule has 138 valence electrons. The standard InChI is InChI=1S/C19H18F3NO3/c1-12(2)18(25)23-16-9-8-14(11-15(16)19(20,21)22)26-17(24)10-13-6-4-3-5-7-13/h3-9,11-12H,10H2,1-2H3,(H,23,25). The molecule has 0 fully saturated rings. The van der Waals surface area contributed by atoms with Gasteiger partial charge in [0, 0.05) is 5.92 Å². The number of ether oxygens (including phenoxy) is 1. The van der Waals surface area contributed by atoms with E-state index in [-0.39, 0.29) is 17.9 Å². The SMILES string of the molecule is CC(C)C(=O)Nc1ccc(OC(=O)Cc2ccccc2)cc1C(F)(F)F. The number of alkyl halides is 3. The molecule has 2 aromatic carbocycles. The summed E-state index contributed by atoms with van der Waals surface area (Å²) in [5, 5.41) is 2.24. The Morgan fingerprint density at radius 1 is 1.08 bits per heavy atom. The molecule has 26 heavy (non-hydrogen) atoms. The minimum absolute atomic E-state index is 0.0615. The number of nitrogens with one attached hydrogen (secondary N) is 1. The van der Waals surface area contributed by atoms with Crippen molar-refractivity contribution in [2.75, 3.05) is 5.32 Å². The Kier molecular flexibility index (Phi) is 6.02. The predicted molar refractivity (Wildman–Crippen MR) is 90.7 cm³/mol. The second-order valence-corrected chi connectivity index (χ2v) is 5.99. The Morgan fingerprint density at radius 2 is 1.73 bits per heavy atom. The Labute approximate surface area is 149 Å². The molecule has 0 atom stereocenters. The summed E-state index contributed by atoms with van der Waals surface area (Å²) in [6, 6.07) is 11.7. The topological polar surface area (TPSA) is 55.4 Å². The van der Waals surface area contributed by atoms with Crippen LogP contribution < -0.4 is 10.1 Å². The highest BCUT2D eigenvalue weighted by Crippen LogP contribution is 2.37. The first-order valence-electron chi connectivity index (χ1n) is 7.93. The molecule has 0 radical (unpaired) electrons. The molecule has 7 heteroatoms. The van der Waals surface area contributed by atoms with Crippen LogP contribution >= 0.6 is 0 Å². The third kappa shape index (κ3) is 5.34. The summed E-state index contributed by atoms with van der Waals surface area (Å²) in [5.74, 6) is -1.92. The highest BCUT2D eigenvalue weighted by molar-refractivity contribution is 5.93. The van der Waals surface area contributed by atoms with Crippen molar-refractivity contribution in [3.05, 3.63) is 59.7 Å². The van der Waals surface area contributed by atoms with Crippen LogP contribution in [0.1, 0.15) is 25.0 Å². The molecule has 0 aliphatic rings. The van der Waals surface area contributed by atoms with E-state index in [4.69, 9.17) is 4.74 Å². The van der Waals surface area contributed by atoms with Gasteiger partial charge in [0.25, 0.3) is 0 Å². The van der Waals surface area contributed by atoms with Gasteiger partial charge in [-0.2, -0.15) is 13.2 Å². The minimum Gasteiger partial charge on any atom is -0.426 e. The number of hydrogen-bond donors (Lipinski definition) is 1. The van der Waals surface area contributed by atoms with Gasteiger partial charge in [-0.25, -0.2) is 0 Å². The zero-order chi connectivity index (χ0) is 19.3. The van der Waals surface area contributed by atoms with E-state index in [9.17, 15) is 22.8 Å². The fourth-order valence-corrected chi connectivity index (χ4v) is 2.14. The quantitative estimate of drug-likeness (QED) is 0.629. The van der Waals surface area contributed by atoms with E-state index in [2.05, 4.69) is 5.32 Å². The average molecular weight is 365 g/mol. The maximum absolute atomic E-state index is 13.3. The van der Waals surface area contributed by atoms with Crippen molar-refractivity contribution in [1.82, 2.24) is 0 Å². The second kappa shape index (κ2) is 8.03. The van der Waals surface area contributed by atoms with Gasteiger partial charge in [-0.1, -0.05) is 44.2 Å². The third-order valence-corrected chi connectivity index (χ3v) is 3.50. The molecule has 1 N–H and O–H groups in total. The summed E-state index contributed by atoms with van der Waals surface area (Å²) < 4.78 is 44.8. The van der Waals surface area contributed by atoms with E-state index in [1.54, 1.807) is 44.2 Å². The van der Waals surface area contributed by atoms with Crippen LogP contribution in [0.5, 0.6) is 5.75 Å². The molecular formula is C19H18F3NO3. The molecule has 1 amide bonds. The van der Waals surface area contributed by atoms with Crippen molar-refractivity contribution in [1.29, 1.82) is 0 Å². The monoisotopic (exact) mass is 365 g/mol. The number of rotatable bonds is 5. The van der Waals surface area contributed by atoms with Crippen LogP contribution in [0.15, 0.2) is 48.5 Å². The number of benzene rings is 2. The van der Waals surface area contributed by atoms with Gasteiger partial charge in [-0.3, -0.25) is 9.59 Å². The largest absolute Gasteiger partial charge is 0.426 e. The van der Waals surface area contributed by atoms with E-state index in [1.807, 2.05) is 0 Å². The smallest absolute Gasteiger partial charge is 0.418 e. The number of hydrogen-bond acceptors (Lipinski definition) is 3. The molecule has 4 nitrogen and oxygen atoms in total. The molecule has 0 unspecified atom stereocenters. The van der Waals surface area contributed by atoms with E-state index in [0.29, 0.717) is 11.6 Å². The Bertz CT molecular complexity index is 786. The molecule has 0 spiro atoms. The van der Waals surface area contributed by atoms with Crippen LogP contribution in [0.4, 0.5) is 18.9 Å². The lowest BCUT2D eigenvalue weighted by Crippen LogP contribution is -2.21. The first kappa shape index (κ1) is 19.5. The van der Waals surface area contributed by atoms with Crippen LogP contribution in [0.2, 0.25) is 0 Å². The zero-order valence-corrected chi connectivity index (χ0v) is 14.3. The number of halogens is 3. The minimum atomic E-state index is -4.71. The van der Waals surface area contributed by atoms with Crippen molar-refractivity contribution in [2.24, 2.45) is 5.92 Å². The number of carbonyl (C=O) groups excluding carboxylic acids is 2. The zero-order valence-electron chi connectivity index (χ0n) is 14.3. The van der Waals surface area contributed by atoms with Gasteiger partial charge in [0.2, 0.25) is 5.91 Å². The molecule has 0 saturated heterocycles. The highest BCUT2D eigenvalue weighted by Gasteiger charge is 2.34. The van der Waals surface area contributed by atoms with Crippen LogP contribution in [0.3, 0.4) is 0 Å². The fraction of sp³-hybridized carbons (Fsp3) is 0.263. The number of carbonyl (C=O) groups is 2. The maximum Gasteiger partial charge on any atom is 0.418 e. The summed E-state index contributed by atoms with van der Waals surface area (Å²) in [4.78, 5) is 23.6. The van der Waals surface area contributed by atoms with Crippen molar-refractivity contribution < 1.29 is 27.5 Å². The molecule has 0 heterocycles. The summed E-state index contributed by atoms with van der Waals surface area (Å²) in [6.07, 6.45) is -4.77. The van der Waals surface area contributed by atoms with Crippen LogP contribution in [-0.2, 0) is 22.2 Å². The molecule has 0 aliphatic heterocycles. The van der Waals surface area contributed by atoms with Gasteiger partial charge < -0.3 is 10.1 Å². The van der Waals surface area contributed by atoms with E-state index < -0.39 is 29.5 Å². The third-order valence-electron chi connectivity index (χ3n) is 3.50. The Hall–Kier alpha value is -2.83. The van der Waals surface area contributed by atoms with Crippen molar-refractivity contribution >= 4 is 17.6 Å². The van der Waals surface area contributed by atoms with Gasteiger partial charge in [0.15, 0.2) is 0 Å². The average Bonchev–Trinajstić information content (AvgIpc) is 2.56. The lowest BCUT2D eigenvalue weighted by molar-refractivity contribution is -0.138. The Balaban J connectivity index is 2.19. The lowest BCUT2D eigenvalue weighted by Gasteiger charge is -2.16. The molecule has 0 saturated carbocycles. The van der Waals surface area contributed by atoms with Crippen LogP contribution in [0.25, 0.3) is 0 Å². The van der Waals surface area contributed by atoms with Crippen molar-refractivity contribution in [3.8, 4) is 5.75 Å². The number of amides is 1. The molecule has 0 aromatic heterocycles. The van der Waals surface area contributed by atoms with E-state index in [1.165, 1.54) is 6.07 Å². The normalized spacial score (nSPS) is 11.3. The van der Waals surface area contributed by atoms with Gasteiger partial charge in [-0.05, 0) is 23.8 Å². The fourth-order valence-electron chi connectivity index (χ4n) is 2.14. The van der Waals surface area contributed by atoms with Gasteiger partial charge >= 0.3 is 12.1 Å². The molecule has 0 aliphatic carbocycles. The molecule has 0 bridgehead atoms. The van der Waals surface area contributed by atoms with Crippen LogP contribution in [0, 0.1) is 5.92 Å². The van der Waals surface area contributed by atoms with Gasteiger partial charge in [-0.15, -0.1) is 0 Å². The summed E-state index contributed by atoms with van der Waals surface area (Å²) >= 11 is 0. The summed E-state index contributed by atoms with van der Waals surface area (Å²) in [7, 11) is 0. The molecule has 2 rings (SSSR count). The van der Waals surface area contributed by atoms with Crippen LogP contribution in [-0.4, -0.2) is 11.9 Å². The number of esters is 1. The van der Waals surface area contributed by atoms with Gasteiger partial charge in [0.05, 0.1) is 17.7 Å². The number of anilines is 1. The first-order chi connectivity index (χ1) is 12.2. The molecular weight excluding hydrogens is 347 g/mol. The Morgan fingerprint density at radius 3 is 2.31 bits per heavy atom. The first-order valence-corrected chi connectivity index (χ1v) is 7.93. The lowest BCUT2D eigenvalue weighted by atomic mass is 10.1. The predicted octanol–water partition coefficient (Wildman–Crippen LogP) is 4.45. The van der Waals surface area contributed by atoms with E-state index >= 15 is 0 Å². The van der Waals surface area contributed by atoms with E-state index in [0.717, 1.165) is 6.07 Å². The van der Waals surface area contributed by atoms with Crippen molar-refractivity contribution in [2.45, 2.75) is 26.4 Å². The summed E-state index contributed by atoms with van der Waals surface area (Å²) in [5.41, 5.74) is -0.759. The second-order valence-electron chi connectivity index (χ2n) is 5.99. The van der Waals surface area contributed by atoms with Gasteiger partial charge in [0.1, 0.15) is 5.75 Å².